The van der Waals surface area contributed by atoms with Gasteiger partial charge >= 0.3 is 0 Å². The van der Waals surface area contributed by atoms with Crippen LogP contribution in [0.1, 0.15) is 37.8 Å². The molecule has 1 saturated heterocycles. The van der Waals surface area contributed by atoms with Crippen LogP contribution in [-0.2, 0) is 4.79 Å². The molecule has 2 N–H and O–H groups in total. The van der Waals surface area contributed by atoms with Gasteiger partial charge in [0.15, 0.2) is 11.5 Å². The average molecular weight is 313 g/mol. The second-order valence-corrected chi connectivity index (χ2v) is 5.35. The second kappa shape index (κ2) is 7.00. The first-order chi connectivity index (χ1) is 9.74. The first-order valence-corrected chi connectivity index (χ1v) is 7.17. The van der Waals surface area contributed by atoms with Crippen LogP contribution in [0.15, 0.2) is 18.2 Å². The topological polar surface area (TPSA) is 59.6 Å². The fourth-order valence-corrected chi connectivity index (χ4v) is 2.66. The average Bonchev–Trinajstić information content (AvgIpc) is 2.95. The quantitative estimate of drug-likeness (QED) is 0.898. The lowest BCUT2D eigenvalue weighted by molar-refractivity contribution is -0.124. The Morgan fingerprint density at radius 2 is 2.14 bits per heavy atom. The van der Waals surface area contributed by atoms with E-state index in [1.165, 1.54) is 0 Å². The molecule has 1 unspecified atom stereocenters. The maximum atomic E-state index is 12.2. The SMILES string of the molecule is CC(NC(=O)[C@@H]1CCCCN1)c1ccc2c(c1)OCO2.Cl. The van der Waals surface area contributed by atoms with E-state index in [1.807, 2.05) is 25.1 Å². The van der Waals surface area contributed by atoms with Crippen LogP contribution in [0.2, 0.25) is 0 Å². The molecule has 116 valence electrons. The maximum absolute atomic E-state index is 12.2. The summed E-state index contributed by atoms with van der Waals surface area (Å²) in [4.78, 5) is 12.2. The van der Waals surface area contributed by atoms with Crippen molar-refractivity contribution < 1.29 is 14.3 Å². The lowest BCUT2D eigenvalue weighted by Gasteiger charge is -2.24. The minimum Gasteiger partial charge on any atom is -0.454 e. The van der Waals surface area contributed by atoms with Crippen LogP contribution >= 0.6 is 12.4 Å². The molecule has 1 fully saturated rings. The number of rotatable bonds is 3. The Morgan fingerprint density at radius 3 is 2.90 bits per heavy atom. The summed E-state index contributed by atoms with van der Waals surface area (Å²) in [5, 5.41) is 6.32. The predicted molar refractivity (Wildman–Crippen MR) is 82.0 cm³/mol. The summed E-state index contributed by atoms with van der Waals surface area (Å²) in [6.07, 6.45) is 3.19. The summed E-state index contributed by atoms with van der Waals surface area (Å²) in [7, 11) is 0. The van der Waals surface area contributed by atoms with Gasteiger partial charge in [-0.25, -0.2) is 0 Å². The maximum Gasteiger partial charge on any atom is 0.237 e. The number of carbonyl (C=O) groups is 1. The summed E-state index contributed by atoms with van der Waals surface area (Å²) >= 11 is 0. The van der Waals surface area contributed by atoms with E-state index >= 15 is 0 Å². The summed E-state index contributed by atoms with van der Waals surface area (Å²) in [6.45, 7) is 3.18. The van der Waals surface area contributed by atoms with Crippen molar-refractivity contribution in [1.82, 2.24) is 10.6 Å². The zero-order valence-corrected chi connectivity index (χ0v) is 12.9. The molecule has 6 heteroatoms. The van der Waals surface area contributed by atoms with Crippen molar-refractivity contribution in [2.24, 2.45) is 0 Å². The number of ether oxygens (including phenoxy) is 2. The van der Waals surface area contributed by atoms with Crippen molar-refractivity contribution >= 4 is 18.3 Å². The Morgan fingerprint density at radius 1 is 1.33 bits per heavy atom. The zero-order valence-electron chi connectivity index (χ0n) is 12.1. The minimum absolute atomic E-state index is 0. The number of amides is 1. The molecular formula is C15H21ClN2O3. The number of hydrogen-bond donors (Lipinski definition) is 2. The number of fused-ring (bicyclic) bond motifs is 1. The van der Waals surface area contributed by atoms with E-state index in [9.17, 15) is 4.79 Å². The highest BCUT2D eigenvalue weighted by Gasteiger charge is 2.23. The van der Waals surface area contributed by atoms with Crippen LogP contribution in [-0.4, -0.2) is 25.3 Å². The van der Waals surface area contributed by atoms with Crippen LogP contribution in [0, 0.1) is 0 Å². The fraction of sp³-hybridized carbons (Fsp3) is 0.533. The van der Waals surface area contributed by atoms with Crippen LogP contribution in [0.4, 0.5) is 0 Å². The van der Waals surface area contributed by atoms with Crippen LogP contribution in [0.5, 0.6) is 11.5 Å². The minimum atomic E-state index is -0.0554. The standard InChI is InChI=1S/C15H20N2O3.ClH/c1-10(17-15(18)12-4-2-3-7-16-12)11-5-6-13-14(8-11)20-9-19-13;/h5-6,8,10,12,16H,2-4,7,9H2,1H3,(H,17,18);1H/t10?,12-;/m0./s1. The highest BCUT2D eigenvalue weighted by Crippen LogP contribution is 2.34. The summed E-state index contributed by atoms with van der Waals surface area (Å²) in [5.74, 6) is 1.59. The molecule has 2 aliphatic rings. The van der Waals surface area contributed by atoms with Gasteiger partial charge in [0.25, 0.3) is 0 Å². The van der Waals surface area contributed by atoms with Crippen molar-refractivity contribution in [1.29, 1.82) is 0 Å². The van der Waals surface area contributed by atoms with E-state index in [0.717, 1.165) is 42.9 Å². The van der Waals surface area contributed by atoms with E-state index in [4.69, 9.17) is 9.47 Å². The van der Waals surface area contributed by atoms with Gasteiger partial charge in [0.05, 0.1) is 12.1 Å². The molecule has 0 spiro atoms. The van der Waals surface area contributed by atoms with E-state index < -0.39 is 0 Å². The normalized spacial score (nSPS) is 21.3. The predicted octanol–water partition coefficient (Wildman–Crippen LogP) is 2.16. The lowest BCUT2D eigenvalue weighted by Crippen LogP contribution is -2.47. The number of carbonyl (C=O) groups excluding carboxylic acids is 1. The number of piperidine rings is 1. The van der Waals surface area contributed by atoms with Crippen molar-refractivity contribution in [3.8, 4) is 11.5 Å². The highest BCUT2D eigenvalue weighted by molar-refractivity contribution is 5.85. The van der Waals surface area contributed by atoms with Gasteiger partial charge in [-0.2, -0.15) is 0 Å². The number of nitrogens with one attached hydrogen (secondary N) is 2. The number of benzene rings is 1. The van der Waals surface area contributed by atoms with Gasteiger partial charge in [-0.15, -0.1) is 12.4 Å². The molecule has 0 radical (unpaired) electrons. The zero-order chi connectivity index (χ0) is 13.9. The molecule has 21 heavy (non-hydrogen) atoms. The molecular weight excluding hydrogens is 292 g/mol. The van der Waals surface area contributed by atoms with Crippen molar-refractivity contribution in [3.63, 3.8) is 0 Å². The van der Waals surface area contributed by atoms with Gasteiger partial charge in [0.2, 0.25) is 12.7 Å². The Hall–Kier alpha value is -1.46. The van der Waals surface area contributed by atoms with Crippen LogP contribution in [0.3, 0.4) is 0 Å². The molecule has 5 nitrogen and oxygen atoms in total. The molecule has 0 aromatic heterocycles. The number of hydrogen-bond acceptors (Lipinski definition) is 4. The van der Waals surface area contributed by atoms with E-state index in [1.54, 1.807) is 0 Å². The smallest absolute Gasteiger partial charge is 0.237 e. The van der Waals surface area contributed by atoms with Gasteiger partial charge < -0.3 is 20.1 Å². The second-order valence-electron chi connectivity index (χ2n) is 5.35. The third-order valence-electron chi connectivity index (χ3n) is 3.88. The monoisotopic (exact) mass is 312 g/mol. The van der Waals surface area contributed by atoms with E-state index in [0.29, 0.717) is 0 Å². The molecule has 3 rings (SSSR count). The molecule has 0 saturated carbocycles. The largest absolute Gasteiger partial charge is 0.454 e. The molecule has 1 amide bonds. The molecule has 2 heterocycles. The molecule has 1 aromatic carbocycles. The first kappa shape index (κ1) is 15.9. The highest BCUT2D eigenvalue weighted by atomic mass is 35.5. The van der Waals surface area contributed by atoms with Gasteiger partial charge in [0, 0.05) is 0 Å². The van der Waals surface area contributed by atoms with E-state index in [2.05, 4.69) is 10.6 Å². The Balaban J connectivity index is 0.00000161. The number of halogens is 1. The molecule has 1 aromatic rings. The molecule has 2 aliphatic heterocycles. The fourth-order valence-electron chi connectivity index (χ4n) is 2.66. The van der Waals surface area contributed by atoms with Crippen LogP contribution in [0.25, 0.3) is 0 Å². The molecule has 0 aliphatic carbocycles. The van der Waals surface area contributed by atoms with E-state index in [-0.39, 0.29) is 37.2 Å². The Kier molecular flexibility index (Phi) is 5.31. The summed E-state index contributed by atoms with van der Waals surface area (Å²) < 4.78 is 10.7. The summed E-state index contributed by atoms with van der Waals surface area (Å²) in [5.41, 5.74) is 1.03. The third kappa shape index (κ3) is 3.60. The third-order valence-corrected chi connectivity index (χ3v) is 3.88. The van der Waals surface area contributed by atoms with Gasteiger partial charge in [-0.05, 0) is 44.0 Å². The molecule has 0 bridgehead atoms. The Bertz CT molecular complexity index is 504. The van der Waals surface area contributed by atoms with Crippen molar-refractivity contribution in [3.05, 3.63) is 23.8 Å². The van der Waals surface area contributed by atoms with Gasteiger partial charge in [-0.1, -0.05) is 12.5 Å². The molecule has 2 atom stereocenters. The van der Waals surface area contributed by atoms with Crippen molar-refractivity contribution in [2.45, 2.75) is 38.3 Å². The van der Waals surface area contributed by atoms with Gasteiger partial charge in [-0.3, -0.25) is 4.79 Å². The first-order valence-electron chi connectivity index (χ1n) is 7.17. The van der Waals surface area contributed by atoms with Crippen molar-refractivity contribution in [2.75, 3.05) is 13.3 Å². The summed E-state index contributed by atoms with van der Waals surface area (Å²) in [6, 6.07) is 5.69. The van der Waals surface area contributed by atoms with Crippen LogP contribution < -0.4 is 20.1 Å². The lowest BCUT2D eigenvalue weighted by atomic mass is 10.0. The van der Waals surface area contributed by atoms with Gasteiger partial charge in [0.1, 0.15) is 0 Å². The Labute approximate surface area is 130 Å².